The molecule has 3 aromatic rings. The van der Waals surface area contributed by atoms with Gasteiger partial charge in [0.25, 0.3) is 11.6 Å². The van der Waals surface area contributed by atoms with Crippen LogP contribution in [0.2, 0.25) is 0 Å². The first kappa shape index (κ1) is 18.3. The van der Waals surface area contributed by atoms with Gasteiger partial charge in [-0.1, -0.05) is 36.4 Å². The van der Waals surface area contributed by atoms with Gasteiger partial charge < -0.3 is 10.1 Å². The molecule has 0 aliphatic carbocycles. The topological polar surface area (TPSA) is 93.5 Å². The van der Waals surface area contributed by atoms with Gasteiger partial charge in [-0.15, -0.1) is 0 Å². The Morgan fingerprint density at radius 3 is 2.48 bits per heavy atom. The summed E-state index contributed by atoms with van der Waals surface area (Å²) in [6, 6.07) is 19.0. The van der Waals surface area contributed by atoms with Gasteiger partial charge in [0.05, 0.1) is 4.92 Å². The number of rotatable bonds is 5. The average molecular weight is 381 g/mol. The van der Waals surface area contributed by atoms with Crippen molar-refractivity contribution in [1.29, 1.82) is 0 Å². The Balaban J connectivity index is 1.54. The molecular weight excluding hydrogens is 366 g/mol. The largest absolute Gasteiger partial charge is 0.483 e. The second-order valence-electron chi connectivity index (χ2n) is 5.57. The van der Waals surface area contributed by atoms with Crippen LogP contribution in [0.3, 0.4) is 0 Å². The third-order valence-electron chi connectivity index (χ3n) is 3.70. The van der Waals surface area contributed by atoms with Gasteiger partial charge in [-0.3, -0.25) is 20.2 Å². The summed E-state index contributed by atoms with van der Waals surface area (Å²) in [6.45, 7) is -0.198. The number of fused-ring (bicyclic) bond motifs is 1. The predicted octanol–water partition coefficient (Wildman–Crippen LogP) is 3.64. The van der Waals surface area contributed by atoms with Crippen LogP contribution in [0.1, 0.15) is 0 Å². The summed E-state index contributed by atoms with van der Waals surface area (Å²) in [6.07, 6.45) is 0. The number of nitrogens with one attached hydrogen (secondary N) is 2. The van der Waals surface area contributed by atoms with Crippen LogP contribution in [0, 0.1) is 10.1 Å². The summed E-state index contributed by atoms with van der Waals surface area (Å²) in [4.78, 5) is 22.2. The summed E-state index contributed by atoms with van der Waals surface area (Å²) >= 11 is 5.07. The number of nitro groups is 1. The average Bonchev–Trinajstić information content (AvgIpc) is 2.66. The van der Waals surface area contributed by atoms with E-state index in [1.807, 2.05) is 36.4 Å². The molecule has 136 valence electrons. The smallest absolute Gasteiger partial charge is 0.269 e. The first-order chi connectivity index (χ1) is 13.0. The Morgan fingerprint density at radius 2 is 1.74 bits per heavy atom. The Bertz CT molecular complexity index is 1000. The quantitative estimate of drug-likeness (QED) is 0.398. The standard InChI is InChI=1S/C19H15N3O4S/c23-18(12-26-17-7-3-5-13-4-1-2-6-16(13)17)21-19(27)20-14-8-10-15(11-9-14)22(24)25/h1-11H,12H2,(H2,20,21,23,27). The maximum absolute atomic E-state index is 12.0. The minimum atomic E-state index is -0.492. The summed E-state index contributed by atoms with van der Waals surface area (Å²) in [5.74, 6) is 0.194. The highest BCUT2D eigenvalue weighted by atomic mass is 32.1. The second-order valence-corrected chi connectivity index (χ2v) is 5.98. The third-order valence-corrected chi connectivity index (χ3v) is 3.90. The molecule has 0 bridgehead atoms. The predicted molar refractivity (Wildman–Crippen MR) is 107 cm³/mol. The van der Waals surface area contributed by atoms with Gasteiger partial charge >= 0.3 is 0 Å². The monoisotopic (exact) mass is 381 g/mol. The van der Waals surface area contributed by atoms with E-state index in [1.54, 1.807) is 6.07 Å². The zero-order chi connectivity index (χ0) is 19.2. The van der Waals surface area contributed by atoms with Crippen LogP contribution < -0.4 is 15.4 Å². The summed E-state index contributed by atoms with van der Waals surface area (Å²) < 4.78 is 5.60. The number of hydrogen-bond acceptors (Lipinski definition) is 5. The number of non-ortho nitro benzene ring substituents is 1. The number of nitrogens with zero attached hydrogens (tertiary/aromatic N) is 1. The van der Waals surface area contributed by atoms with E-state index in [0.29, 0.717) is 11.4 Å². The lowest BCUT2D eigenvalue weighted by Crippen LogP contribution is -2.37. The highest BCUT2D eigenvalue weighted by molar-refractivity contribution is 7.80. The Labute approximate surface area is 160 Å². The number of ether oxygens (including phenoxy) is 1. The number of carbonyl (C=O) groups is 1. The van der Waals surface area contributed by atoms with Gasteiger partial charge in [0.1, 0.15) is 5.75 Å². The van der Waals surface area contributed by atoms with Crippen molar-refractivity contribution in [3.05, 3.63) is 76.8 Å². The first-order valence-corrected chi connectivity index (χ1v) is 8.39. The van der Waals surface area contributed by atoms with Gasteiger partial charge in [-0.05, 0) is 35.8 Å². The maximum Gasteiger partial charge on any atom is 0.269 e. The van der Waals surface area contributed by atoms with E-state index in [9.17, 15) is 14.9 Å². The lowest BCUT2D eigenvalue weighted by Gasteiger charge is -2.11. The van der Waals surface area contributed by atoms with Crippen molar-refractivity contribution < 1.29 is 14.5 Å². The normalized spacial score (nSPS) is 10.2. The van der Waals surface area contributed by atoms with Crippen LogP contribution in [0.5, 0.6) is 5.75 Å². The highest BCUT2D eigenvalue weighted by Crippen LogP contribution is 2.24. The van der Waals surface area contributed by atoms with E-state index in [-0.39, 0.29) is 17.4 Å². The number of nitro benzene ring substituents is 1. The zero-order valence-electron chi connectivity index (χ0n) is 14.0. The van der Waals surface area contributed by atoms with Crippen molar-refractivity contribution in [3.8, 4) is 5.75 Å². The van der Waals surface area contributed by atoms with E-state index in [2.05, 4.69) is 10.6 Å². The highest BCUT2D eigenvalue weighted by Gasteiger charge is 2.09. The van der Waals surface area contributed by atoms with Crippen LogP contribution in [-0.4, -0.2) is 22.5 Å². The molecule has 0 saturated carbocycles. The summed E-state index contributed by atoms with van der Waals surface area (Å²) in [7, 11) is 0. The molecule has 0 atom stereocenters. The van der Waals surface area contributed by atoms with Gasteiger partial charge in [0.15, 0.2) is 11.7 Å². The molecule has 0 aliphatic rings. The van der Waals surface area contributed by atoms with E-state index in [0.717, 1.165) is 10.8 Å². The molecule has 2 N–H and O–H groups in total. The Morgan fingerprint density at radius 1 is 1.04 bits per heavy atom. The lowest BCUT2D eigenvalue weighted by atomic mass is 10.1. The molecule has 0 heterocycles. The number of benzene rings is 3. The van der Waals surface area contributed by atoms with Crippen LogP contribution >= 0.6 is 12.2 Å². The van der Waals surface area contributed by atoms with E-state index < -0.39 is 10.8 Å². The van der Waals surface area contributed by atoms with Crippen molar-refractivity contribution in [2.75, 3.05) is 11.9 Å². The first-order valence-electron chi connectivity index (χ1n) is 7.99. The fraction of sp³-hybridized carbons (Fsp3) is 0.0526. The molecule has 0 unspecified atom stereocenters. The summed E-state index contributed by atoms with van der Waals surface area (Å²) in [5, 5.41) is 17.9. The summed E-state index contributed by atoms with van der Waals surface area (Å²) in [5.41, 5.74) is 0.500. The third kappa shape index (κ3) is 4.77. The molecule has 7 nitrogen and oxygen atoms in total. The molecule has 3 rings (SSSR count). The molecule has 27 heavy (non-hydrogen) atoms. The molecule has 0 aliphatic heterocycles. The number of anilines is 1. The fourth-order valence-corrected chi connectivity index (χ4v) is 2.69. The van der Waals surface area contributed by atoms with Crippen LogP contribution in [-0.2, 0) is 4.79 Å². The molecule has 0 aromatic heterocycles. The van der Waals surface area contributed by atoms with Gasteiger partial charge in [-0.2, -0.15) is 0 Å². The van der Waals surface area contributed by atoms with Gasteiger partial charge in [-0.25, -0.2) is 0 Å². The molecule has 8 heteroatoms. The minimum Gasteiger partial charge on any atom is -0.483 e. The fourth-order valence-electron chi connectivity index (χ4n) is 2.46. The number of carbonyl (C=O) groups excluding carboxylic acids is 1. The zero-order valence-corrected chi connectivity index (χ0v) is 14.9. The lowest BCUT2D eigenvalue weighted by molar-refractivity contribution is -0.384. The van der Waals surface area contributed by atoms with Crippen LogP contribution in [0.4, 0.5) is 11.4 Å². The van der Waals surface area contributed by atoms with Crippen molar-refractivity contribution in [3.63, 3.8) is 0 Å². The molecule has 0 saturated heterocycles. The maximum atomic E-state index is 12.0. The molecule has 0 spiro atoms. The van der Waals surface area contributed by atoms with E-state index in [4.69, 9.17) is 17.0 Å². The van der Waals surface area contributed by atoms with Crippen molar-refractivity contribution in [2.24, 2.45) is 0 Å². The molecule has 1 amide bonds. The van der Waals surface area contributed by atoms with E-state index >= 15 is 0 Å². The Kier molecular flexibility index (Phi) is 5.58. The van der Waals surface area contributed by atoms with Gasteiger partial charge in [0, 0.05) is 23.2 Å². The molecule has 3 aromatic carbocycles. The molecule has 0 radical (unpaired) electrons. The van der Waals surface area contributed by atoms with Gasteiger partial charge in [0.2, 0.25) is 0 Å². The minimum absolute atomic E-state index is 0.0287. The Hall–Kier alpha value is -3.52. The van der Waals surface area contributed by atoms with E-state index in [1.165, 1.54) is 24.3 Å². The van der Waals surface area contributed by atoms with Crippen molar-refractivity contribution in [1.82, 2.24) is 5.32 Å². The van der Waals surface area contributed by atoms with Crippen LogP contribution in [0.25, 0.3) is 10.8 Å². The van der Waals surface area contributed by atoms with Crippen LogP contribution in [0.15, 0.2) is 66.7 Å². The van der Waals surface area contributed by atoms with Crippen molar-refractivity contribution in [2.45, 2.75) is 0 Å². The number of hydrogen-bond donors (Lipinski definition) is 2. The molecular formula is C19H15N3O4S. The molecule has 0 fully saturated rings. The van der Waals surface area contributed by atoms with Crippen molar-refractivity contribution >= 4 is 45.4 Å². The second kappa shape index (κ2) is 8.24. The number of thiocarbonyl (C=S) groups is 1. The number of amides is 1. The SMILES string of the molecule is O=C(COc1cccc2ccccc12)NC(=S)Nc1ccc([N+](=O)[O-])cc1.